The van der Waals surface area contributed by atoms with E-state index in [-0.39, 0.29) is 11.9 Å². The highest BCUT2D eigenvalue weighted by Crippen LogP contribution is 2.19. The minimum atomic E-state index is -0.272. The standard InChI is InChI=1S/C16H18FNO/c1-11-3-4-12(2)15(9-11)16(18)10-19-14-7-5-13(17)6-8-14/h3-9,16H,10,18H2,1-2H3. The van der Waals surface area contributed by atoms with Gasteiger partial charge in [0, 0.05) is 0 Å². The molecule has 100 valence electrons. The Hall–Kier alpha value is -1.87. The van der Waals surface area contributed by atoms with Crippen LogP contribution < -0.4 is 10.5 Å². The van der Waals surface area contributed by atoms with E-state index >= 15 is 0 Å². The van der Waals surface area contributed by atoms with Crippen molar-refractivity contribution in [3.8, 4) is 5.75 Å². The third-order valence-electron chi connectivity index (χ3n) is 3.08. The second kappa shape index (κ2) is 5.85. The van der Waals surface area contributed by atoms with Gasteiger partial charge in [-0.15, -0.1) is 0 Å². The van der Waals surface area contributed by atoms with Crippen molar-refractivity contribution in [2.24, 2.45) is 5.73 Å². The average Bonchev–Trinajstić information content (AvgIpc) is 2.40. The van der Waals surface area contributed by atoms with Crippen LogP contribution in [0.5, 0.6) is 5.75 Å². The molecule has 0 bridgehead atoms. The number of hydrogen-bond acceptors (Lipinski definition) is 2. The highest BCUT2D eigenvalue weighted by atomic mass is 19.1. The first-order valence-electron chi connectivity index (χ1n) is 6.27. The Balaban J connectivity index is 2.03. The van der Waals surface area contributed by atoms with Gasteiger partial charge < -0.3 is 10.5 Å². The number of hydrogen-bond donors (Lipinski definition) is 1. The molecular weight excluding hydrogens is 241 g/mol. The van der Waals surface area contributed by atoms with E-state index in [9.17, 15) is 4.39 Å². The Morgan fingerprint density at radius 2 is 1.79 bits per heavy atom. The van der Waals surface area contributed by atoms with Crippen LogP contribution >= 0.6 is 0 Å². The molecule has 19 heavy (non-hydrogen) atoms. The van der Waals surface area contributed by atoms with Crippen molar-refractivity contribution in [2.45, 2.75) is 19.9 Å². The molecule has 0 aliphatic rings. The summed E-state index contributed by atoms with van der Waals surface area (Å²) in [6.45, 7) is 4.44. The van der Waals surface area contributed by atoms with Crippen LogP contribution in [0.4, 0.5) is 4.39 Å². The number of nitrogens with two attached hydrogens (primary N) is 1. The van der Waals surface area contributed by atoms with Crippen LogP contribution in [0.25, 0.3) is 0 Å². The van der Waals surface area contributed by atoms with E-state index in [2.05, 4.69) is 18.2 Å². The van der Waals surface area contributed by atoms with Crippen molar-refractivity contribution in [3.63, 3.8) is 0 Å². The molecule has 0 amide bonds. The van der Waals surface area contributed by atoms with Gasteiger partial charge in [0.05, 0.1) is 6.04 Å². The molecule has 0 fully saturated rings. The van der Waals surface area contributed by atoms with E-state index < -0.39 is 0 Å². The van der Waals surface area contributed by atoms with Gasteiger partial charge in [-0.3, -0.25) is 0 Å². The van der Waals surface area contributed by atoms with Gasteiger partial charge in [-0.1, -0.05) is 23.8 Å². The maximum Gasteiger partial charge on any atom is 0.123 e. The molecule has 0 heterocycles. The summed E-state index contributed by atoms with van der Waals surface area (Å²) < 4.78 is 18.3. The molecule has 0 saturated heterocycles. The lowest BCUT2D eigenvalue weighted by Gasteiger charge is -2.16. The number of ether oxygens (including phenoxy) is 1. The van der Waals surface area contributed by atoms with Crippen LogP contribution in [0, 0.1) is 19.7 Å². The van der Waals surface area contributed by atoms with Gasteiger partial charge in [0.1, 0.15) is 18.2 Å². The lowest BCUT2D eigenvalue weighted by atomic mass is 10.00. The van der Waals surface area contributed by atoms with Crippen molar-refractivity contribution < 1.29 is 9.13 Å². The third kappa shape index (κ3) is 3.55. The maximum atomic E-state index is 12.8. The predicted molar refractivity (Wildman–Crippen MR) is 74.7 cm³/mol. The van der Waals surface area contributed by atoms with Gasteiger partial charge in [0.15, 0.2) is 0 Å². The van der Waals surface area contributed by atoms with E-state index in [1.54, 1.807) is 12.1 Å². The molecule has 0 aliphatic heterocycles. The van der Waals surface area contributed by atoms with Gasteiger partial charge in [0.2, 0.25) is 0 Å². The van der Waals surface area contributed by atoms with E-state index in [1.807, 2.05) is 13.8 Å². The molecule has 0 aromatic heterocycles. The SMILES string of the molecule is Cc1ccc(C)c(C(N)COc2ccc(F)cc2)c1. The van der Waals surface area contributed by atoms with Gasteiger partial charge in [-0.2, -0.15) is 0 Å². The fraction of sp³-hybridized carbons (Fsp3) is 0.250. The monoisotopic (exact) mass is 259 g/mol. The zero-order chi connectivity index (χ0) is 13.8. The summed E-state index contributed by atoms with van der Waals surface area (Å²) in [5, 5.41) is 0. The smallest absolute Gasteiger partial charge is 0.123 e. The fourth-order valence-corrected chi connectivity index (χ4v) is 1.97. The quantitative estimate of drug-likeness (QED) is 0.911. The first-order chi connectivity index (χ1) is 9.06. The lowest BCUT2D eigenvalue weighted by molar-refractivity contribution is 0.290. The van der Waals surface area contributed by atoms with E-state index in [1.165, 1.54) is 17.7 Å². The van der Waals surface area contributed by atoms with E-state index in [4.69, 9.17) is 10.5 Å². The molecule has 1 unspecified atom stereocenters. The summed E-state index contributed by atoms with van der Waals surface area (Å²) in [7, 11) is 0. The maximum absolute atomic E-state index is 12.8. The molecule has 0 saturated carbocycles. The number of benzene rings is 2. The van der Waals surface area contributed by atoms with Crippen molar-refractivity contribution in [2.75, 3.05) is 6.61 Å². The van der Waals surface area contributed by atoms with Crippen LogP contribution in [0.1, 0.15) is 22.7 Å². The summed E-state index contributed by atoms with van der Waals surface area (Å²) in [5.74, 6) is 0.355. The Morgan fingerprint density at radius 3 is 2.47 bits per heavy atom. The molecule has 2 rings (SSSR count). The van der Waals surface area contributed by atoms with Crippen LogP contribution in [0.2, 0.25) is 0 Å². The normalized spacial score (nSPS) is 12.2. The first kappa shape index (κ1) is 13.6. The molecule has 1 atom stereocenters. The highest BCUT2D eigenvalue weighted by molar-refractivity contribution is 5.33. The largest absolute Gasteiger partial charge is 0.492 e. The summed E-state index contributed by atoms with van der Waals surface area (Å²) >= 11 is 0. The van der Waals surface area contributed by atoms with E-state index in [0.717, 1.165) is 11.1 Å². The lowest BCUT2D eigenvalue weighted by Crippen LogP contribution is -2.20. The number of rotatable bonds is 4. The Morgan fingerprint density at radius 1 is 1.11 bits per heavy atom. The summed E-state index contributed by atoms with van der Waals surface area (Å²) in [6, 6.07) is 12.0. The molecule has 2 nitrogen and oxygen atoms in total. The number of halogens is 1. The van der Waals surface area contributed by atoms with Crippen molar-refractivity contribution >= 4 is 0 Å². The first-order valence-corrected chi connectivity index (χ1v) is 6.27. The predicted octanol–water partition coefficient (Wildman–Crippen LogP) is 3.52. The zero-order valence-electron chi connectivity index (χ0n) is 11.2. The average molecular weight is 259 g/mol. The van der Waals surface area contributed by atoms with Crippen LogP contribution in [0.3, 0.4) is 0 Å². The van der Waals surface area contributed by atoms with Crippen molar-refractivity contribution in [1.29, 1.82) is 0 Å². The molecule has 3 heteroatoms. The Labute approximate surface area is 113 Å². The Bertz CT molecular complexity index is 551. The van der Waals surface area contributed by atoms with Gasteiger partial charge >= 0.3 is 0 Å². The van der Waals surface area contributed by atoms with Gasteiger partial charge in [-0.25, -0.2) is 4.39 Å². The second-order valence-corrected chi connectivity index (χ2v) is 4.73. The van der Waals surface area contributed by atoms with Crippen molar-refractivity contribution in [1.82, 2.24) is 0 Å². The summed E-state index contributed by atoms with van der Waals surface area (Å²) in [4.78, 5) is 0. The van der Waals surface area contributed by atoms with Crippen molar-refractivity contribution in [3.05, 3.63) is 65.0 Å². The topological polar surface area (TPSA) is 35.2 Å². The fourth-order valence-electron chi connectivity index (χ4n) is 1.97. The Kier molecular flexibility index (Phi) is 4.17. The molecule has 2 N–H and O–H groups in total. The number of aryl methyl sites for hydroxylation is 2. The van der Waals surface area contributed by atoms with E-state index in [0.29, 0.717) is 12.4 Å². The molecule has 0 aliphatic carbocycles. The minimum absolute atomic E-state index is 0.190. The highest BCUT2D eigenvalue weighted by Gasteiger charge is 2.10. The third-order valence-corrected chi connectivity index (χ3v) is 3.08. The molecule has 2 aromatic rings. The van der Waals surface area contributed by atoms with Crippen LogP contribution in [0.15, 0.2) is 42.5 Å². The molecular formula is C16H18FNO. The van der Waals surface area contributed by atoms with Crippen LogP contribution in [-0.2, 0) is 0 Å². The van der Waals surface area contributed by atoms with Crippen LogP contribution in [-0.4, -0.2) is 6.61 Å². The second-order valence-electron chi connectivity index (χ2n) is 4.73. The zero-order valence-corrected chi connectivity index (χ0v) is 11.2. The van der Waals surface area contributed by atoms with Gasteiger partial charge in [0.25, 0.3) is 0 Å². The summed E-state index contributed by atoms with van der Waals surface area (Å²) in [5.41, 5.74) is 9.56. The molecule has 0 radical (unpaired) electrons. The van der Waals surface area contributed by atoms with Gasteiger partial charge in [-0.05, 0) is 49.2 Å². The minimum Gasteiger partial charge on any atom is -0.492 e. The molecule has 0 spiro atoms. The molecule has 2 aromatic carbocycles. The summed E-state index contributed by atoms with van der Waals surface area (Å²) in [6.07, 6.45) is 0.